The van der Waals surface area contributed by atoms with Gasteiger partial charge in [0.1, 0.15) is 5.82 Å². The van der Waals surface area contributed by atoms with Crippen LogP contribution in [0.15, 0.2) is 24.3 Å². The summed E-state index contributed by atoms with van der Waals surface area (Å²) < 4.78 is 13.0. The van der Waals surface area contributed by atoms with Crippen LogP contribution in [0.5, 0.6) is 0 Å². The van der Waals surface area contributed by atoms with Crippen molar-refractivity contribution in [3.63, 3.8) is 0 Å². The number of halogens is 1. The van der Waals surface area contributed by atoms with Crippen LogP contribution in [0.4, 0.5) is 4.39 Å². The monoisotopic (exact) mass is 223 g/mol. The Labute approximate surface area is 95.5 Å². The highest BCUT2D eigenvalue weighted by Gasteiger charge is 2.33. The molecule has 0 radical (unpaired) electrons. The Hall–Kier alpha value is -0.930. The Balaban J connectivity index is 2.07. The number of hydrogen-bond donors (Lipinski definition) is 2. The maximum Gasteiger partial charge on any atom is 0.123 e. The highest BCUT2D eigenvalue weighted by molar-refractivity contribution is 5.19. The second-order valence-corrected chi connectivity index (χ2v) is 4.81. The maximum atomic E-state index is 13.0. The van der Waals surface area contributed by atoms with E-state index < -0.39 is 5.60 Å². The zero-order valence-corrected chi connectivity index (χ0v) is 9.54. The van der Waals surface area contributed by atoms with Crippen molar-refractivity contribution in [1.29, 1.82) is 0 Å². The number of nitrogens with one attached hydrogen (secondary N) is 1. The first-order valence-corrected chi connectivity index (χ1v) is 5.78. The lowest BCUT2D eigenvalue weighted by atomic mass is 9.88. The molecule has 1 aromatic carbocycles. The quantitative estimate of drug-likeness (QED) is 0.820. The SMILES string of the molecule is CC(O)(Cc1cccc(F)c1)C1CCCN1. The third kappa shape index (κ3) is 2.60. The van der Waals surface area contributed by atoms with E-state index in [0.717, 1.165) is 24.9 Å². The summed E-state index contributed by atoms with van der Waals surface area (Å²) in [4.78, 5) is 0. The highest BCUT2D eigenvalue weighted by Crippen LogP contribution is 2.23. The van der Waals surface area contributed by atoms with Crippen LogP contribution in [0.1, 0.15) is 25.3 Å². The predicted molar refractivity (Wildman–Crippen MR) is 61.8 cm³/mol. The molecular formula is C13H18FNO. The van der Waals surface area contributed by atoms with Crippen LogP contribution in [0.3, 0.4) is 0 Å². The van der Waals surface area contributed by atoms with Gasteiger partial charge in [0, 0.05) is 12.5 Å². The van der Waals surface area contributed by atoms with Gasteiger partial charge in [0.15, 0.2) is 0 Å². The normalized spacial score (nSPS) is 24.3. The molecule has 0 bridgehead atoms. The van der Waals surface area contributed by atoms with Crippen molar-refractivity contribution < 1.29 is 9.50 Å². The zero-order valence-electron chi connectivity index (χ0n) is 9.54. The first-order valence-electron chi connectivity index (χ1n) is 5.78. The summed E-state index contributed by atoms with van der Waals surface area (Å²) in [5.74, 6) is -0.243. The van der Waals surface area contributed by atoms with Gasteiger partial charge in [0.25, 0.3) is 0 Å². The minimum atomic E-state index is -0.801. The minimum Gasteiger partial charge on any atom is -0.388 e. The van der Waals surface area contributed by atoms with Crippen molar-refractivity contribution in [2.24, 2.45) is 0 Å². The summed E-state index contributed by atoms with van der Waals surface area (Å²) in [5, 5.41) is 13.7. The number of hydrogen-bond acceptors (Lipinski definition) is 2. The van der Waals surface area contributed by atoms with Crippen LogP contribution < -0.4 is 5.32 Å². The van der Waals surface area contributed by atoms with E-state index in [4.69, 9.17) is 0 Å². The van der Waals surface area contributed by atoms with Crippen molar-refractivity contribution in [3.05, 3.63) is 35.6 Å². The van der Waals surface area contributed by atoms with E-state index in [2.05, 4.69) is 5.32 Å². The van der Waals surface area contributed by atoms with Gasteiger partial charge in [-0.05, 0) is 44.0 Å². The smallest absolute Gasteiger partial charge is 0.123 e. The van der Waals surface area contributed by atoms with Gasteiger partial charge >= 0.3 is 0 Å². The van der Waals surface area contributed by atoms with E-state index in [0.29, 0.717) is 6.42 Å². The Bertz CT molecular complexity index is 359. The average molecular weight is 223 g/mol. The van der Waals surface area contributed by atoms with Crippen molar-refractivity contribution in [1.82, 2.24) is 5.32 Å². The number of rotatable bonds is 3. The number of aliphatic hydroxyl groups is 1. The lowest BCUT2D eigenvalue weighted by molar-refractivity contribution is 0.0262. The van der Waals surface area contributed by atoms with Crippen LogP contribution in [-0.4, -0.2) is 23.3 Å². The largest absolute Gasteiger partial charge is 0.388 e. The van der Waals surface area contributed by atoms with Gasteiger partial charge in [-0.15, -0.1) is 0 Å². The van der Waals surface area contributed by atoms with Crippen molar-refractivity contribution in [2.45, 2.75) is 37.8 Å². The molecule has 1 fully saturated rings. The van der Waals surface area contributed by atoms with Gasteiger partial charge in [0.2, 0.25) is 0 Å². The maximum absolute atomic E-state index is 13.0. The van der Waals surface area contributed by atoms with Gasteiger partial charge in [-0.25, -0.2) is 4.39 Å². The predicted octanol–water partition coefficient (Wildman–Crippen LogP) is 1.87. The van der Waals surface area contributed by atoms with E-state index in [9.17, 15) is 9.50 Å². The summed E-state index contributed by atoms with van der Waals surface area (Å²) in [6, 6.07) is 6.57. The van der Waals surface area contributed by atoms with Crippen molar-refractivity contribution in [3.8, 4) is 0 Å². The van der Waals surface area contributed by atoms with Gasteiger partial charge in [-0.3, -0.25) is 0 Å². The summed E-state index contributed by atoms with van der Waals surface area (Å²) in [5.41, 5.74) is 0.0447. The van der Waals surface area contributed by atoms with Gasteiger partial charge < -0.3 is 10.4 Å². The van der Waals surface area contributed by atoms with Gasteiger partial charge in [0.05, 0.1) is 5.60 Å². The molecule has 2 atom stereocenters. The molecule has 88 valence electrons. The van der Waals surface area contributed by atoms with E-state index in [-0.39, 0.29) is 11.9 Å². The fourth-order valence-electron chi connectivity index (χ4n) is 2.40. The summed E-state index contributed by atoms with van der Waals surface area (Å²) >= 11 is 0. The lowest BCUT2D eigenvalue weighted by Gasteiger charge is -2.30. The van der Waals surface area contributed by atoms with Crippen molar-refractivity contribution in [2.75, 3.05) is 6.54 Å². The topological polar surface area (TPSA) is 32.3 Å². The van der Waals surface area contributed by atoms with E-state index in [1.165, 1.54) is 12.1 Å². The molecule has 1 aliphatic heterocycles. The zero-order chi connectivity index (χ0) is 11.6. The van der Waals surface area contributed by atoms with Crippen molar-refractivity contribution >= 4 is 0 Å². The molecule has 0 saturated carbocycles. The molecule has 16 heavy (non-hydrogen) atoms. The molecule has 2 N–H and O–H groups in total. The average Bonchev–Trinajstić information content (AvgIpc) is 2.69. The van der Waals surface area contributed by atoms with Crippen LogP contribution in [0.25, 0.3) is 0 Å². The molecule has 2 nitrogen and oxygen atoms in total. The summed E-state index contributed by atoms with van der Waals surface area (Å²) in [6.45, 7) is 2.78. The molecule has 1 aliphatic rings. The lowest BCUT2D eigenvalue weighted by Crippen LogP contribution is -2.46. The first-order chi connectivity index (χ1) is 7.58. The third-order valence-corrected chi connectivity index (χ3v) is 3.26. The Morgan fingerprint density at radius 1 is 1.56 bits per heavy atom. The summed E-state index contributed by atoms with van der Waals surface area (Å²) in [6.07, 6.45) is 2.58. The molecule has 0 spiro atoms. The highest BCUT2D eigenvalue weighted by atomic mass is 19.1. The molecule has 1 aromatic rings. The van der Waals surface area contributed by atoms with Gasteiger partial charge in [-0.2, -0.15) is 0 Å². The van der Waals surface area contributed by atoms with Crippen LogP contribution in [-0.2, 0) is 6.42 Å². The second kappa shape index (κ2) is 4.52. The Morgan fingerprint density at radius 2 is 2.38 bits per heavy atom. The summed E-state index contributed by atoms with van der Waals surface area (Å²) in [7, 11) is 0. The molecular weight excluding hydrogens is 205 g/mol. The number of benzene rings is 1. The molecule has 2 rings (SSSR count). The van der Waals surface area contributed by atoms with E-state index in [1.807, 2.05) is 13.0 Å². The fraction of sp³-hybridized carbons (Fsp3) is 0.538. The minimum absolute atomic E-state index is 0.121. The molecule has 1 heterocycles. The van der Waals surface area contributed by atoms with Crippen LogP contribution >= 0.6 is 0 Å². The van der Waals surface area contributed by atoms with E-state index in [1.54, 1.807) is 6.07 Å². The fourth-order valence-corrected chi connectivity index (χ4v) is 2.40. The van der Waals surface area contributed by atoms with Crippen LogP contribution in [0, 0.1) is 5.82 Å². The molecule has 3 heteroatoms. The van der Waals surface area contributed by atoms with Crippen LogP contribution in [0.2, 0.25) is 0 Å². The molecule has 2 unspecified atom stereocenters. The molecule has 0 amide bonds. The molecule has 1 saturated heterocycles. The third-order valence-electron chi connectivity index (χ3n) is 3.26. The standard InChI is InChI=1S/C13H18FNO/c1-13(16,12-6-3-7-15-12)9-10-4-2-5-11(14)8-10/h2,4-5,8,12,15-16H,3,6-7,9H2,1H3. The Kier molecular flexibility index (Phi) is 3.26. The second-order valence-electron chi connectivity index (χ2n) is 4.81. The molecule has 0 aliphatic carbocycles. The molecule has 0 aromatic heterocycles. The van der Waals surface area contributed by atoms with Gasteiger partial charge in [-0.1, -0.05) is 12.1 Å². The van der Waals surface area contributed by atoms with E-state index >= 15 is 0 Å². The Morgan fingerprint density at radius 3 is 3.00 bits per heavy atom. The first kappa shape index (κ1) is 11.6.